The highest BCUT2D eigenvalue weighted by Crippen LogP contribution is 2.35. The summed E-state index contributed by atoms with van der Waals surface area (Å²) in [6, 6.07) is 28.1. The number of aryl methyl sites for hydroxylation is 1. The molecule has 10 heteroatoms. The molecule has 3 N–H and O–H groups in total. The van der Waals surface area contributed by atoms with Crippen LogP contribution in [-0.2, 0) is 17.8 Å². The lowest BCUT2D eigenvalue weighted by atomic mass is 9.94. The summed E-state index contributed by atoms with van der Waals surface area (Å²) in [6.07, 6.45) is 5.66. The smallest absolute Gasteiger partial charge is 0.254 e. The lowest BCUT2D eigenvalue weighted by Gasteiger charge is -2.29. The molecule has 5 atom stereocenters. The Morgan fingerprint density at radius 1 is 1.00 bits per heavy atom. The molecule has 2 aliphatic rings. The molecule has 2 aromatic heterocycles. The van der Waals surface area contributed by atoms with Crippen LogP contribution in [0.25, 0.3) is 5.69 Å². The van der Waals surface area contributed by atoms with E-state index in [0.29, 0.717) is 49.4 Å². The van der Waals surface area contributed by atoms with Gasteiger partial charge in [0.2, 0.25) is 0 Å². The molecule has 0 spiro atoms. The monoisotopic (exact) mass is 689 g/mol. The molecule has 0 radical (unpaired) electrons. The van der Waals surface area contributed by atoms with Crippen molar-refractivity contribution in [1.29, 1.82) is 0 Å². The highest BCUT2D eigenvalue weighted by atomic mass is 32.1. The number of hydrogen-bond acceptors (Lipinski definition) is 7. The molecule has 5 aromatic rings. The number of nitrogens with one attached hydrogen (secondary N) is 2. The maximum Gasteiger partial charge on any atom is 0.254 e. The van der Waals surface area contributed by atoms with Crippen LogP contribution in [0.5, 0.6) is 0 Å². The second-order valence-electron chi connectivity index (χ2n) is 13.3. The first-order chi connectivity index (χ1) is 24.4. The summed E-state index contributed by atoms with van der Waals surface area (Å²) >= 11 is 1.58. The SMILES string of the molecule is Cc1csc([C@@H]2CCCN2C(=O)c2cc(C(=O)NC(Cc3ccccc3)[C@H](O)C3C[C@@H](OCc4ccccc4)CN3)cc(-n3cccc3)c2)n1. The number of rotatable bonds is 12. The van der Waals surface area contributed by atoms with Gasteiger partial charge in [0.05, 0.1) is 30.9 Å². The molecule has 2 fully saturated rings. The largest absolute Gasteiger partial charge is 0.389 e. The maximum absolute atomic E-state index is 14.2. The predicted octanol–water partition coefficient (Wildman–Crippen LogP) is 5.87. The fourth-order valence-corrected chi connectivity index (χ4v) is 7.99. The highest BCUT2D eigenvalue weighted by molar-refractivity contribution is 7.09. The number of nitrogens with zero attached hydrogens (tertiary/aromatic N) is 3. The minimum atomic E-state index is -0.884. The fourth-order valence-electron chi connectivity index (χ4n) is 7.04. The van der Waals surface area contributed by atoms with Crippen molar-refractivity contribution < 1.29 is 19.4 Å². The average molecular weight is 690 g/mol. The topological polar surface area (TPSA) is 109 Å². The fraction of sp³-hybridized carbons (Fsp3) is 0.325. The first-order valence-corrected chi connectivity index (χ1v) is 18.2. The number of ether oxygens (including phenoxy) is 1. The van der Waals surface area contributed by atoms with Crippen LogP contribution in [0.4, 0.5) is 0 Å². The predicted molar refractivity (Wildman–Crippen MR) is 194 cm³/mol. The molecule has 2 aliphatic heterocycles. The Labute approximate surface area is 296 Å². The van der Waals surface area contributed by atoms with Crippen LogP contribution in [0, 0.1) is 6.92 Å². The number of amides is 2. The van der Waals surface area contributed by atoms with E-state index in [-0.39, 0.29) is 30.0 Å². The Bertz CT molecular complexity index is 1880. The van der Waals surface area contributed by atoms with Gasteiger partial charge in [-0.25, -0.2) is 4.98 Å². The average Bonchev–Trinajstić information content (AvgIpc) is 3.99. The number of carbonyl (C=O) groups is 2. The van der Waals surface area contributed by atoms with Crippen molar-refractivity contribution in [2.45, 2.75) is 69.5 Å². The van der Waals surface area contributed by atoms with E-state index in [9.17, 15) is 14.7 Å². The van der Waals surface area contributed by atoms with Crippen LogP contribution in [0.1, 0.15) is 67.8 Å². The Hall–Kier alpha value is -4.61. The number of thiazole rings is 1. The summed E-state index contributed by atoms with van der Waals surface area (Å²) in [5.74, 6) is -0.475. The van der Waals surface area contributed by atoms with Gasteiger partial charge in [0.15, 0.2) is 0 Å². The van der Waals surface area contributed by atoms with E-state index in [1.165, 1.54) is 0 Å². The van der Waals surface area contributed by atoms with Gasteiger partial charge in [0.1, 0.15) is 5.01 Å². The Balaban J connectivity index is 1.12. The van der Waals surface area contributed by atoms with Crippen molar-refractivity contribution in [3.8, 4) is 5.69 Å². The van der Waals surface area contributed by atoms with E-state index in [1.807, 2.05) is 113 Å². The molecule has 4 heterocycles. The van der Waals surface area contributed by atoms with E-state index in [1.54, 1.807) is 23.5 Å². The number of carbonyl (C=O) groups excluding carboxylic acids is 2. The molecule has 2 unspecified atom stereocenters. The number of likely N-dealkylation sites (tertiary alicyclic amines) is 1. The Morgan fingerprint density at radius 3 is 2.44 bits per heavy atom. The second-order valence-corrected chi connectivity index (χ2v) is 14.2. The van der Waals surface area contributed by atoms with Crippen LogP contribution < -0.4 is 10.6 Å². The number of aliphatic hydroxyl groups is 1. The molecule has 258 valence electrons. The molecule has 0 aliphatic carbocycles. The van der Waals surface area contributed by atoms with Crippen molar-refractivity contribution in [3.63, 3.8) is 0 Å². The second kappa shape index (κ2) is 15.5. The molecular weight excluding hydrogens is 647 g/mol. The van der Waals surface area contributed by atoms with E-state index < -0.39 is 12.1 Å². The third kappa shape index (κ3) is 7.89. The normalized spacial score (nSPS) is 20.1. The summed E-state index contributed by atoms with van der Waals surface area (Å²) in [5, 5.41) is 21.4. The molecule has 7 rings (SSSR count). The van der Waals surface area contributed by atoms with Gasteiger partial charge in [-0.15, -0.1) is 11.3 Å². The van der Waals surface area contributed by atoms with Crippen LogP contribution in [0.15, 0.2) is 109 Å². The number of aliphatic hydroxyl groups excluding tert-OH is 1. The lowest BCUT2D eigenvalue weighted by molar-refractivity contribution is 0.0419. The minimum Gasteiger partial charge on any atom is -0.389 e. The molecule has 3 aromatic carbocycles. The summed E-state index contributed by atoms with van der Waals surface area (Å²) < 4.78 is 8.07. The van der Waals surface area contributed by atoms with Gasteiger partial charge in [-0.2, -0.15) is 0 Å². The molecule has 0 saturated carbocycles. The number of benzene rings is 3. The Morgan fingerprint density at radius 2 is 1.72 bits per heavy atom. The lowest BCUT2D eigenvalue weighted by Crippen LogP contribution is -2.52. The third-order valence-electron chi connectivity index (χ3n) is 9.66. The summed E-state index contributed by atoms with van der Waals surface area (Å²) in [4.78, 5) is 34.9. The van der Waals surface area contributed by atoms with Gasteiger partial charge in [-0.1, -0.05) is 60.7 Å². The molecule has 9 nitrogen and oxygen atoms in total. The maximum atomic E-state index is 14.2. The van der Waals surface area contributed by atoms with Gasteiger partial charge in [-0.05, 0) is 74.1 Å². The Kier molecular flexibility index (Phi) is 10.5. The van der Waals surface area contributed by atoms with Crippen LogP contribution in [-0.4, -0.2) is 68.8 Å². The third-order valence-corrected chi connectivity index (χ3v) is 10.7. The molecular formula is C40H43N5O4S. The van der Waals surface area contributed by atoms with Gasteiger partial charge in [0, 0.05) is 59.4 Å². The van der Waals surface area contributed by atoms with E-state index >= 15 is 0 Å². The standard InChI is InChI=1S/C40H43N5O4S/c1-27-26-50-39(42-27)36-15-10-18-45(36)40(48)31-20-30(21-32(22-31)44-16-8-9-17-44)38(47)43-35(19-28-11-4-2-5-12-28)37(46)34-23-33(24-41-34)49-25-29-13-6-3-7-14-29/h2-9,11-14,16-17,20-22,26,33-37,41,46H,10,15,18-19,23-25H2,1H3,(H,43,47)/t33-,34?,35?,36+,37-/m1/s1. The van der Waals surface area contributed by atoms with Crippen LogP contribution >= 0.6 is 11.3 Å². The quantitative estimate of drug-likeness (QED) is 0.151. The van der Waals surface area contributed by atoms with Crippen molar-refractivity contribution in [3.05, 3.63) is 142 Å². The summed E-state index contributed by atoms with van der Waals surface area (Å²) in [5.41, 5.74) is 4.56. The van der Waals surface area contributed by atoms with Crippen LogP contribution in [0.3, 0.4) is 0 Å². The van der Waals surface area contributed by atoms with Crippen molar-refractivity contribution in [2.75, 3.05) is 13.1 Å². The zero-order valence-corrected chi connectivity index (χ0v) is 29.0. The summed E-state index contributed by atoms with van der Waals surface area (Å²) in [7, 11) is 0. The van der Waals surface area contributed by atoms with Gasteiger partial charge in [0.25, 0.3) is 11.8 Å². The van der Waals surface area contributed by atoms with Gasteiger partial charge < -0.3 is 29.9 Å². The zero-order chi connectivity index (χ0) is 34.5. The first kappa shape index (κ1) is 33.9. The van der Waals surface area contributed by atoms with Gasteiger partial charge in [-0.3, -0.25) is 9.59 Å². The number of hydrogen-bond donors (Lipinski definition) is 3. The first-order valence-electron chi connectivity index (χ1n) is 17.3. The molecule has 50 heavy (non-hydrogen) atoms. The van der Waals surface area contributed by atoms with Gasteiger partial charge >= 0.3 is 0 Å². The van der Waals surface area contributed by atoms with E-state index in [0.717, 1.165) is 34.7 Å². The van der Waals surface area contributed by atoms with E-state index in [4.69, 9.17) is 4.74 Å². The van der Waals surface area contributed by atoms with Crippen molar-refractivity contribution in [1.82, 2.24) is 25.1 Å². The molecule has 0 bridgehead atoms. The van der Waals surface area contributed by atoms with Crippen molar-refractivity contribution >= 4 is 23.2 Å². The van der Waals surface area contributed by atoms with E-state index in [2.05, 4.69) is 15.6 Å². The van der Waals surface area contributed by atoms with Crippen LogP contribution in [0.2, 0.25) is 0 Å². The zero-order valence-electron chi connectivity index (χ0n) is 28.2. The number of aromatic nitrogens is 2. The van der Waals surface area contributed by atoms with Crippen molar-refractivity contribution in [2.24, 2.45) is 0 Å². The molecule has 2 amide bonds. The highest BCUT2D eigenvalue weighted by Gasteiger charge is 2.36. The summed E-state index contributed by atoms with van der Waals surface area (Å²) in [6.45, 7) is 3.71. The minimum absolute atomic E-state index is 0.0579. The molecule has 2 saturated heterocycles.